The summed E-state index contributed by atoms with van der Waals surface area (Å²) in [6, 6.07) is 0.351. The van der Waals surface area contributed by atoms with E-state index in [2.05, 4.69) is 31.1 Å². The highest BCUT2D eigenvalue weighted by Gasteiger charge is 2.21. The van der Waals surface area contributed by atoms with Crippen LogP contribution in [0.3, 0.4) is 0 Å². The molecule has 0 radical (unpaired) electrons. The van der Waals surface area contributed by atoms with Crippen LogP contribution in [0.25, 0.3) is 0 Å². The molecule has 1 aromatic rings. The zero-order chi connectivity index (χ0) is 10.8. The molecule has 0 spiro atoms. The third kappa shape index (κ3) is 2.38. The first kappa shape index (κ1) is 11.0. The summed E-state index contributed by atoms with van der Waals surface area (Å²) in [7, 11) is 0. The lowest BCUT2D eigenvalue weighted by Crippen LogP contribution is -2.34. The van der Waals surface area contributed by atoms with Gasteiger partial charge in [0.1, 0.15) is 0 Å². The summed E-state index contributed by atoms with van der Waals surface area (Å²) < 4.78 is 5.48. The molecule has 15 heavy (non-hydrogen) atoms. The number of ether oxygens (including phenoxy) is 1. The van der Waals surface area contributed by atoms with Gasteiger partial charge in [0.2, 0.25) is 0 Å². The summed E-state index contributed by atoms with van der Waals surface area (Å²) in [6.07, 6.45) is 0. The van der Waals surface area contributed by atoms with Crippen LogP contribution >= 0.6 is 11.3 Å². The van der Waals surface area contributed by atoms with Gasteiger partial charge in [-0.15, -0.1) is 11.3 Å². The van der Waals surface area contributed by atoms with Crippen molar-refractivity contribution in [1.82, 2.24) is 10.3 Å². The second kappa shape index (κ2) is 4.60. The Kier molecular flexibility index (Phi) is 3.38. The van der Waals surface area contributed by atoms with Gasteiger partial charge < -0.3 is 10.1 Å². The molecular formula is C11H18N2OS. The van der Waals surface area contributed by atoms with Crippen molar-refractivity contribution in [3.63, 3.8) is 0 Å². The van der Waals surface area contributed by atoms with Crippen LogP contribution in [0.5, 0.6) is 0 Å². The molecule has 3 nitrogen and oxygen atoms in total. The Morgan fingerprint density at radius 1 is 1.53 bits per heavy atom. The Morgan fingerprint density at radius 3 is 2.87 bits per heavy atom. The molecule has 1 saturated heterocycles. The second-order valence-electron chi connectivity index (χ2n) is 4.24. The van der Waals surface area contributed by atoms with E-state index in [0.29, 0.717) is 12.0 Å². The molecule has 4 heteroatoms. The summed E-state index contributed by atoms with van der Waals surface area (Å²) in [5.41, 5.74) is 1.16. The number of nitrogens with zero attached hydrogens (tertiary/aromatic N) is 1. The third-order valence-electron chi connectivity index (χ3n) is 2.58. The fraction of sp³-hybridized carbons (Fsp3) is 0.727. The molecule has 1 aliphatic heterocycles. The van der Waals surface area contributed by atoms with Gasteiger partial charge in [-0.25, -0.2) is 4.98 Å². The molecule has 0 bridgehead atoms. The molecule has 0 aromatic carbocycles. The van der Waals surface area contributed by atoms with Gasteiger partial charge in [-0.3, -0.25) is 0 Å². The van der Waals surface area contributed by atoms with E-state index < -0.39 is 0 Å². The topological polar surface area (TPSA) is 34.1 Å². The average molecular weight is 226 g/mol. The van der Waals surface area contributed by atoms with Crippen molar-refractivity contribution >= 4 is 11.3 Å². The largest absolute Gasteiger partial charge is 0.378 e. The molecular weight excluding hydrogens is 208 g/mol. The molecule has 1 fully saturated rings. The first-order valence-electron chi connectivity index (χ1n) is 5.47. The van der Waals surface area contributed by atoms with E-state index in [1.54, 1.807) is 0 Å². The lowest BCUT2D eigenvalue weighted by molar-refractivity contribution is 0.0777. The maximum Gasteiger partial charge on any atom is 0.0957 e. The van der Waals surface area contributed by atoms with Crippen LogP contribution in [0, 0.1) is 6.92 Å². The summed E-state index contributed by atoms with van der Waals surface area (Å²) in [6.45, 7) is 9.01. The van der Waals surface area contributed by atoms with E-state index >= 15 is 0 Å². The lowest BCUT2D eigenvalue weighted by Gasteiger charge is -2.23. The highest BCUT2D eigenvalue weighted by molar-refractivity contribution is 7.11. The minimum Gasteiger partial charge on any atom is -0.378 e. The van der Waals surface area contributed by atoms with E-state index in [-0.39, 0.29) is 0 Å². The normalized spacial score (nSPS) is 22.3. The fourth-order valence-corrected chi connectivity index (χ4v) is 2.86. The number of rotatable bonds is 2. The highest BCUT2D eigenvalue weighted by atomic mass is 32.1. The standard InChI is InChI=1S/C11H18N2OS/c1-7(2)11-13-8(3)10(15-11)9-6-14-5-4-12-9/h7,9,12H,4-6H2,1-3H3. The summed E-state index contributed by atoms with van der Waals surface area (Å²) in [5.74, 6) is 0.520. The maximum absolute atomic E-state index is 5.48. The number of aromatic nitrogens is 1. The average Bonchev–Trinajstić information content (AvgIpc) is 2.62. The Hall–Kier alpha value is -0.450. The molecule has 2 heterocycles. The number of aryl methyl sites for hydroxylation is 1. The zero-order valence-electron chi connectivity index (χ0n) is 9.54. The van der Waals surface area contributed by atoms with Gasteiger partial charge in [0.25, 0.3) is 0 Å². The predicted octanol–water partition coefficient (Wildman–Crippen LogP) is 2.24. The maximum atomic E-state index is 5.48. The predicted molar refractivity (Wildman–Crippen MR) is 62.5 cm³/mol. The molecule has 1 N–H and O–H groups in total. The van der Waals surface area contributed by atoms with Crippen LogP contribution in [0.4, 0.5) is 0 Å². The first-order valence-corrected chi connectivity index (χ1v) is 6.28. The summed E-state index contributed by atoms with van der Waals surface area (Å²) in [5, 5.41) is 4.71. The van der Waals surface area contributed by atoms with E-state index in [0.717, 1.165) is 25.5 Å². The third-order valence-corrected chi connectivity index (χ3v) is 4.15. The molecule has 84 valence electrons. The van der Waals surface area contributed by atoms with Gasteiger partial charge in [0, 0.05) is 17.3 Å². The Bertz CT molecular complexity index is 329. The van der Waals surface area contributed by atoms with Gasteiger partial charge >= 0.3 is 0 Å². The van der Waals surface area contributed by atoms with Crippen LogP contribution in [0.2, 0.25) is 0 Å². The van der Waals surface area contributed by atoms with Gasteiger partial charge in [-0.05, 0) is 6.92 Å². The molecule has 0 amide bonds. The van der Waals surface area contributed by atoms with Gasteiger partial charge in [0.05, 0.1) is 30.0 Å². The van der Waals surface area contributed by atoms with Crippen molar-refractivity contribution < 1.29 is 4.74 Å². The quantitative estimate of drug-likeness (QED) is 0.839. The number of hydrogen-bond acceptors (Lipinski definition) is 4. The molecule has 1 unspecified atom stereocenters. The Morgan fingerprint density at radius 2 is 2.33 bits per heavy atom. The molecule has 0 aliphatic carbocycles. The minimum atomic E-state index is 0.351. The van der Waals surface area contributed by atoms with Crippen molar-refractivity contribution in [3.8, 4) is 0 Å². The van der Waals surface area contributed by atoms with E-state index in [1.807, 2.05) is 11.3 Å². The van der Waals surface area contributed by atoms with Gasteiger partial charge in [-0.1, -0.05) is 13.8 Å². The smallest absolute Gasteiger partial charge is 0.0957 e. The van der Waals surface area contributed by atoms with Crippen molar-refractivity contribution in [2.75, 3.05) is 19.8 Å². The zero-order valence-corrected chi connectivity index (χ0v) is 10.4. The van der Waals surface area contributed by atoms with Crippen LogP contribution in [0.1, 0.15) is 41.4 Å². The summed E-state index contributed by atoms with van der Waals surface area (Å²) >= 11 is 1.82. The molecule has 1 aliphatic rings. The number of nitrogens with one attached hydrogen (secondary N) is 1. The fourth-order valence-electron chi connectivity index (χ4n) is 1.73. The van der Waals surface area contributed by atoms with Crippen molar-refractivity contribution in [3.05, 3.63) is 15.6 Å². The highest BCUT2D eigenvalue weighted by Crippen LogP contribution is 2.30. The van der Waals surface area contributed by atoms with Crippen molar-refractivity contribution in [2.45, 2.75) is 32.7 Å². The Balaban J connectivity index is 2.19. The Labute approximate surface area is 94.9 Å². The number of hydrogen-bond donors (Lipinski definition) is 1. The van der Waals surface area contributed by atoms with E-state index in [1.165, 1.54) is 9.88 Å². The number of morpholine rings is 1. The van der Waals surface area contributed by atoms with E-state index in [4.69, 9.17) is 4.74 Å². The number of thiazole rings is 1. The van der Waals surface area contributed by atoms with E-state index in [9.17, 15) is 0 Å². The SMILES string of the molecule is Cc1nc(C(C)C)sc1C1COCCN1. The van der Waals surface area contributed by atoms with Gasteiger partial charge in [0.15, 0.2) is 0 Å². The lowest BCUT2D eigenvalue weighted by atomic mass is 10.2. The van der Waals surface area contributed by atoms with Crippen LogP contribution in [0.15, 0.2) is 0 Å². The van der Waals surface area contributed by atoms with Gasteiger partial charge in [-0.2, -0.15) is 0 Å². The second-order valence-corrected chi connectivity index (χ2v) is 5.30. The molecule has 0 saturated carbocycles. The molecule has 1 atom stereocenters. The van der Waals surface area contributed by atoms with Crippen LogP contribution < -0.4 is 5.32 Å². The monoisotopic (exact) mass is 226 g/mol. The summed E-state index contributed by atoms with van der Waals surface area (Å²) in [4.78, 5) is 5.95. The van der Waals surface area contributed by atoms with Crippen LogP contribution in [-0.4, -0.2) is 24.7 Å². The minimum absolute atomic E-state index is 0.351. The molecule has 1 aromatic heterocycles. The van der Waals surface area contributed by atoms with Crippen molar-refractivity contribution in [1.29, 1.82) is 0 Å². The first-order chi connectivity index (χ1) is 7.18. The molecule has 2 rings (SSSR count). The van der Waals surface area contributed by atoms with Crippen LogP contribution in [-0.2, 0) is 4.74 Å². The van der Waals surface area contributed by atoms with Crippen molar-refractivity contribution in [2.24, 2.45) is 0 Å².